The highest BCUT2D eigenvalue weighted by atomic mass is 14.6. The van der Waals surface area contributed by atoms with E-state index in [4.69, 9.17) is 0 Å². The smallest absolute Gasteiger partial charge is 0.0299 e. The third-order valence-electron chi connectivity index (χ3n) is 3.04. The number of pyridine rings is 1. The second kappa shape index (κ2) is 4.70. The van der Waals surface area contributed by atoms with E-state index < -0.39 is 0 Å². The van der Waals surface area contributed by atoms with Crippen LogP contribution in [0.1, 0.15) is 25.0 Å². The summed E-state index contributed by atoms with van der Waals surface area (Å²) in [6.45, 7) is 6.58. The summed E-state index contributed by atoms with van der Waals surface area (Å²) in [5.74, 6) is 0. The fourth-order valence-electron chi connectivity index (χ4n) is 2.09. The third-order valence-corrected chi connectivity index (χ3v) is 3.04. The molecule has 0 unspecified atom stereocenters. The van der Waals surface area contributed by atoms with E-state index in [-0.39, 0.29) is 5.41 Å². The van der Waals surface area contributed by atoms with Crippen molar-refractivity contribution in [2.45, 2.75) is 27.2 Å². The van der Waals surface area contributed by atoms with Crippen LogP contribution in [0.5, 0.6) is 0 Å². The third kappa shape index (κ3) is 3.16. The van der Waals surface area contributed by atoms with Crippen LogP contribution in [-0.2, 0) is 6.42 Å². The Bertz CT molecular complexity index is 490. The molecule has 0 radical (unpaired) electrons. The van der Waals surface area contributed by atoms with Gasteiger partial charge in [0, 0.05) is 17.8 Å². The van der Waals surface area contributed by atoms with Crippen LogP contribution >= 0.6 is 0 Å². The van der Waals surface area contributed by atoms with Crippen molar-refractivity contribution in [3.8, 4) is 0 Å². The lowest BCUT2D eigenvalue weighted by molar-refractivity contribution is 0.622. The fraction of sp³-hybridized carbons (Fsp3) is 0.312. The maximum Gasteiger partial charge on any atom is 0.0299 e. The molecule has 1 aliphatic carbocycles. The summed E-state index contributed by atoms with van der Waals surface area (Å²) in [4.78, 5) is 4.14. The summed E-state index contributed by atoms with van der Waals surface area (Å²) >= 11 is 0. The fourth-order valence-corrected chi connectivity index (χ4v) is 2.09. The molecule has 1 aliphatic rings. The minimum Gasteiger partial charge on any atom is -0.264 e. The van der Waals surface area contributed by atoms with Crippen LogP contribution in [0.15, 0.2) is 54.4 Å². The number of hydrogen-bond acceptors (Lipinski definition) is 1. The van der Waals surface area contributed by atoms with Gasteiger partial charge in [0.15, 0.2) is 0 Å². The Balaban J connectivity index is 2.25. The van der Waals surface area contributed by atoms with Crippen LogP contribution in [0.3, 0.4) is 0 Å². The van der Waals surface area contributed by atoms with E-state index >= 15 is 0 Å². The zero-order chi connectivity index (χ0) is 12.3. The predicted molar refractivity (Wildman–Crippen MR) is 72.8 cm³/mol. The molecule has 0 spiro atoms. The number of allylic oxidation sites excluding steroid dienone is 6. The van der Waals surface area contributed by atoms with Crippen molar-refractivity contribution in [3.63, 3.8) is 0 Å². The number of rotatable bonds is 2. The van der Waals surface area contributed by atoms with Gasteiger partial charge < -0.3 is 0 Å². The molecule has 2 rings (SSSR count). The Morgan fingerprint density at radius 3 is 2.82 bits per heavy atom. The van der Waals surface area contributed by atoms with E-state index in [9.17, 15) is 0 Å². The van der Waals surface area contributed by atoms with Gasteiger partial charge in [-0.25, -0.2) is 0 Å². The van der Waals surface area contributed by atoms with Crippen LogP contribution in [0, 0.1) is 12.3 Å². The number of nitrogens with zero attached hydrogens (tertiary/aromatic N) is 1. The Labute approximate surface area is 104 Å². The second-order valence-corrected chi connectivity index (χ2v) is 5.24. The van der Waals surface area contributed by atoms with Crippen LogP contribution in [0.2, 0.25) is 0 Å². The largest absolute Gasteiger partial charge is 0.264 e. The van der Waals surface area contributed by atoms with Crippen molar-refractivity contribution in [2.24, 2.45) is 5.41 Å². The highest BCUT2D eigenvalue weighted by Gasteiger charge is 2.12. The molecule has 0 N–H and O–H groups in total. The van der Waals surface area contributed by atoms with Gasteiger partial charge in [0.2, 0.25) is 0 Å². The highest BCUT2D eigenvalue weighted by Crippen LogP contribution is 2.26. The minimum absolute atomic E-state index is 0.139. The maximum absolute atomic E-state index is 4.14. The van der Waals surface area contributed by atoms with E-state index in [2.05, 4.69) is 62.2 Å². The zero-order valence-corrected chi connectivity index (χ0v) is 10.8. The molecule has 88 valence electrons. The van der Waals surface area contributed by atoms with Crippen LogP contribution in [0.4, 0.5) is 0 Å². The summed E-state index contributed by atoms with van der Waals surface area (Å²) in [5.41, 5.74) is 4.12. The molecule has 0 aromatic carbocycles. The summed E-state index contributed by atoms with van der Waals surface area (Å²) in [6.07, 6.45) is 15.8. The average Bonchev–Trinajstić information content (AvgIpc) is 2.43. The molecule has 0 amide bonds. The molecule has 0 atom stereocenters. The van der Waals surface area contributed by atoms with Gasteiger partial charge in [0.25, 0.3) is 0 Å². The van der Waals surface area contributed by atoms with Crippen molar-refractivity contribution in [1.82, 2.24) is 4.98 Å². The van der Waals surface area contributed by atoms with Gasteiger partial charge in [-0.15, -0.1) is 0 Å². The van der Waals surface area contributed by atoms with Gasteiger partial charge in [-0.3, -0.25) is 4.98 Å². The van der Waals surface area contributed by atoms with Crippen molar-refractivity contribution in [3.05, 3.63) is 65.5 Å². The standard InChI is InChI=1S/C16H19N/c1-13-12-17-9-7-15(13)10-14-6-4-5-8-16(2,3)11-14/h4-9,11-12H,10H2,1-3H3. The molecule has 0 saturated carbocycles. The van der Waals surface area contributed by atoms with Gasteiger partial charge in [-0.1, -0.05) is 44.2 Å². The molecular weight excluding hydrogens is 206 g/mol. The molecular formula is C16H19N. The normalized spacial score (nSPS) is 17.7. The summed E-state index contributed by atoms with van der Waals surface area (Å²) in [6, 6.07) is 2.11. The van der Waals surface area contributed by atoms with E-state index in [1.165, 1.54) is 16.7 Å². The van der Waals surface area contributed by atoms with E-state index in [1.54, 1.807) is 0 Å². The number of aromatic nitrogens is 1. The summed E-state index contributed by atoms with van der Waals surface area (Å²) < 4.78 is 0. The molecule has 0 saturated heterocycles. The topological polar surface area (TPSA) is 12.9 Å². The molecule has 1 aromatic heterocycles. The lowest BCUT2D eigenvalue weighted by atomic mass is 9.89. The molecule has 0 aliphatic heterocycles. The van der Waals surface area contributed by atoms with Crippen LogP contribution in [-0.4, -0.2) is 4.98 Å². The Hall–Kier alpha value is -1.63. The summed E-state index contributed by atoms with van der Waals surface area (Å²) in [5, 5.41) is 0. The van der Waals surface area contributed by atoms with E-state index in [1.807, 2.05) is 12.4 Å². The zero-order valence-electron chi connectivity index (χ0n) is 10.8. The van der Waals surface area contributed by atoms with E-state index in [0.29, 0.717) is 0 Å². The summed E-state index contributed by atoms with van der Waals surface area (Å²) in [7, 11) is 0. The van der Waals surface area contributed by atoms with Gasteiger partial charge >= 0.3 is 0 Å². The SMILES string of the molecule is Cc1cnccc1CC1=CC(C)(C)C=CC=C1. The van der Waals surface area contributed by atoms with Crippen molar-refractivity contribution in [1.29, 1.82) is 0 Å². The Morgan fingerprint density at radius 2 is 2.06 bits per heavy atom. The first-order valence-electron chi connectivity index (χ1n) is 6.04. The molecule has 1 heteroatoms. The lowest BCUT2D eigenvalue weighted by Gasteiger charge is -2.15. The van der Waals surface area contributed by atoms with Crippen molar-refractivity contribution >= 4 is 0 Å². The second-order valence-electron chi connectivity index (χ2n) is 5.24. The Kier molecular flexibility index (Phi) is 3.28. The van der Waals surface area contributed by atoms with Crippen LogP contribution in [0.25, 0.3) is 0 Å². The first-order chi connectivity index (χ1) is 8.07. The maximum atomic E-state index is 4.14. The first-order valence-corrected chi connectivity index (χ1v) is 6.04. The lowest BCUT2D eigenvalue weighted by Crippen LogP contribution is -2.04. The molecule has 1 nitrogen and oxygen atoms in total. The number of aryl methyl sites for hydroxylation is 1. The van der Waals surface area contributed by atoms with E-state index in [0.717, 1.165) is 6.42 Å². The monoisotopic (exact) mass is 225 g/mol. The molecule has 1 aromatic rings. The van der Waals surface area contributed by atoms with Gasteiger partial charge in [-0.05, 0) is 36.1 Å². The first kappa shape index (κ1) is 11.8. The average molecular weight is 225 g/mol. The molecule has 0 bridgehead atoms. The predicted octanol–water partition coefficient (Wildman–Crippen LogP) is 4.01. The highest BCUT2D eigenvalue weighted by molar-refractivity contribution is 5.36. The van der Waals surface area contributed by atoms with Gasteiger partial charge in [0.05, 0.1) is 0 Å². The molecule has 1 heterocycles. The molecule has 17 heavy (non-hydrogen) atoms. The van der Waals surface area contributed by atoms with Crippen LogP contribution < -0.4 is 0 Å². The molecule has 0 fully saturated rings. The van der Waals surface area contributed by atoms with Crippen molar-refractivity contribution < 1.29 is 0 Å². The number of hydrogen-bond donors (Lipinski definition) is 0. The Morgan fingerprint density at radius 1 is 1.24 bits per heavy atom. The minimum atomic E-state index is 0.139. The quantitative estimate of drug-likeness (QED) is 0.741. The van der Waals surface area contributed by atoms with Gasteiger partial charge in [0.1, 0.15) is 0 Å². The van der Waals surface area contributed by atoms with Gasteiger partial charge in [-0.2, -0.15) is 0 Å². The van der Waals surface area contributed by atoms with Crippen molar-refractivity contribution in [2.75, 3.05) is 0 Å².